The van der Waals surface area contributed by atoms with Crippen LogP contribution in [0.15, 0.2) is 170 Å². The average molecular weight is 629 g/mol. The second-order valence-electron chi connectivity index (χ2n) is 12.2. The Labute approximate surface area is 281 Å². The fraction of sp³-hybridized carbons (Fsp3) is 0. The van der Waals surface area contributed by atoms with Crippen molar-refractivity contribution in [3.63, 3.8) is 0 Å². The number of pyridine rings is 1. The van der Waals surface area contributed by atoms with Crippen LogP contribution in [-0.2, 0) is 0 Å². The Morgan fingerprint density at radius 3 is 1.53 bits per heavy atom. The Kier molecular flexibility index (Phi) is 6.08. The van der Waals surface area contributed by atoms with Crippen LogP contribution in [0.4, 0.5) is 0 Å². The number of para-hydroxylation sites is 3. The first-order chi connectivity index (χ1) is 24.3. The van der Waals surface area contributed by atoms with Gasteiger partial charge in [0.15, 0.2) is 17.5 Å². The summed E-state index contributed by atoms with van der Waals surface area (Å²) in [4.78, 5) is 10.0. The Balaban J connectivity index is 1.17. The summed E-state index contributed by atoms with van der Waals surface area (Å²) in [7, 11) is 0. The summed E-state index contributed by atoms with van der Waals surface area (Å²) < 4.78 is 6.54. The van der Waals surface area contributed by atoms with E-state index in [0.29, 0.717) is 11.6 Å². The van der Waals surface area contributed by atoms with Crippen molar-refractivity contribution in [2.45, 2.75) is 0 Å². The quantitative estimate of drug-likeness (QED) is 0.191. The third kappa shape index (κ3) is 4.31. The van der Waals surface area contributed by atoms with Crippen LogP contribution in [-0.4, -0.2) is 28.9 Å². The largest absolute Gasteiger partial charge is 0.309 e. The average Bonchev–Trinajstić information content (AvgIpc) is 3.86. The molecule has 230 valence electrons. The van der Waals surface area contributed by atoms with Crippen molar-refractivity contribution >= 4 is 43.6 Å². The lowest BCUT2D eigenvalue weighted by Crippen LogP contribution is -2.03. The van der Waals surface area contributed by atoms with Gasteiger partial charge in [-0.15, -0.1) is 5.10 Å². The molecule has 0 unspecified atom stereocenters. The number of fused-ring (bicyclic) bond motifs is 6. The van der Waals surface area contributed by atoms with Crippen molar-refractivity contribution in [1.29, 1.82) is 0 Å². The van der Waals surface area contributed by atoms with Crippen LogP contribution < -0.4 is 0 Å². The zero-order valence-electron chi connectivity index (χ0n) is 26.3. The monoisotopic (exact) mass is 628 g/mol. The molecule has 49 heavy (non-hydrogen) atoms. The van der Waals surface area contributed by atoms with E-state index in [2.05, 4.69) is 124 Å². The second kappa shape index (κ2) is 10.9. The molecule has 6 aromatic carbocycles. The summed E-state index contributed by atoms with van der Waals surface area (Å²) in [5.41, 5.74) is 8.61. The molecule has 4 heterocycles. The maximum Gasteiger partial charge on any atom is 0.182 e. The Bertz CT molecular complexity index is 2770. The minimum atomic E-state index is 0.658. The molecule has 0 spiro atoms. The number of nitrogens with zero attached hydrogens (tertiary/aromatic N) is 6. The molecule has 0 aliphatic rings. The first kappa shape index (κ1) is 27.3. The van der Waals surface area contributed by atoms with Crippen molar-refractivity contribution in [1.82, 2.24) is 28.9 Å². The predicted octanol–water partition coefficient (Wildman–Crippen LogP) is 10.2. The molecule has 4 aromatic heterocycles. The van der Waals surface area contributed by atoms with E-state index in [1.807, 2.05) is 59.4 Å². The van der Waals surface area contributed by atoms with Crippen LogP contribution in [0.1, 0.15) is 0 Å². The Morgan fingerprint density at radius 1 is 0.408 bits per heavy atom. The summed E-state index contributed by atoms with van der Waals surface area (Å²) in [5.74, 6) is 2.11. The van der Waals surface area contributed by atoms with Gasteiger partial charge in [-0.05, 0) is 42.5 Å². The molecule has 10 aromatic rings. The highest BCUT2D eigenvalue weighted by molar-refractivity contribution is 6.10. The third-order valence-electron chi connectivity index (χ3n) is 9.36. The molecule has 0 amide bonds. The smallest absolute Gasteiger partial charge is 0.182 e. The lowest BCUT2D eigenvalue weighted by molar-refractivity contribution is 0.858. The number of hydrogen-bond donors (Lipinski definition) is 0. The predicted molar refractivity (Wildman–Crippen MR) is 199 cm³/mol. The molecule has 10 rings (SSSR count). The fourth-order valence-electron chi connectivity index (χ4n) is 7.18. The SMILES string of the molecule is c1ccc(-c2nc(-c3ccccc3)n(-c3cc4c5ccccc5n(-c5cccc(-n6c7ccccc7c7ccccc76)c5)c4cn3)n2)cc1. The molecule has 0 bridgehead atoms. The molecule has 0 saturated heterocycles. The zero-order valence-corrected chi connectivity index (χ0v) is 26.3. The van der Waals surface area contributed by atoms with Gasteiger partial charge in [0.2, 0.25) is 0 Å². The first-order valence-electron chi connectivity index (χ1n) is 16.4. The van der Waals surface area contributed by atoms with Gasteiger partial charge in [-0.2, -0.15) is 4.68 Å². The zero-order chi connectivity index (χ0) is 32.3. The number of benzene rings is 6. The number of rotatable bonds is 5. The highest BCUT2D eigenvalue weighted by Crippen LogP contribution is 2.36. The molecule has 0 saturated carbocycles. The summed E-state index contributed by atoms with van der Waals surface area (Å²) in [6, 6.07) is 57.0. The molecule has 6 heteroatoms. The summed E-state index contributed by atoms with van der Waals surface area (Å²) in [6.45, 7) is 0. The van der Waals surface area contributed by atoms with Crippen molar-refractivity contribution in [2.24, 2.45) is 0 Å². The van der Waals surface area contributed by atoms with Gasteiger partial charge in [0.25, 0.3) is 0 Å². The van der Waals surface area contributed by atoms with Crippen molar-refractivity contribution in [3.05, 3.63) is 170 Å². The Morgan fingerprint density at radius 2 is 0.918 bits per heavy atom. The molecule has 0 fully saturated rings. The van der Waals surface area contributed by atoms with Crippen LogP contribution in [0.3, 0.4) is 0 Å². The third-order valence-corrected chi connectivity index (χ3v) is 9.36. The van der Waals surface area contributed by atoms with Crippen LogP contribution in [0.2, 0.25) is 0 Å². The lowest BCUT2D eigenvalue weighted by atomic mass is 10.2. The molecular weight excluding hydrogens is 601 g/mol. The maximum atomic E-state index is 5.04. The van der Waals surface area contributed by atoms with Crippen LogP contribution in [0.5, 0.6) is 0 Å². The topological polar surface area (TPSA) is 53.5 Å². The van der Waals surface area contributed by atoms with E-state index in [4.69, 9.17) is 15.1 Å². The lowest BCUT2D eigenvalue weighted by Gasteiger charge is -2.13. The van der Waals surface area contributed by atoms with Crippen molar-refractivity contribution in [2.75, 3.05) is 0 Å². The van der Waals surface area contributed by atoms with Crippen LogP contribution >= 0.6 is 0 Å². The van der Waals surface area contributed by atoms with E-state index >= 15 is 0 Å². The van der Waals surface area contributed by atoms with Crippen LogP contribution in [0.25, 0.3) is 83.6 Å². The van der Waals surface area contributed by atoms with E-state index in [9.17, 15) is 0 Å². The van der Waals surface area contributed by atoms with Gasteiger partial charge in [0.05, 0.1) is 28.3 Å². The fourth-order valence-corrected chi connectivity index (χ4v) is 7.18. The summed E-state index contributed by atoms with van der Waals surface area (Å²) in [5, 5.41) is 9.74. The molecule has 0 radical (unpaired) electrons. The van der Waals surface area contributed by atoms with Gasteiger partial charge < -0.3 is 9.13 Å². The minimum absolute atomic E-state index is 0.658. The highest BCUT2D eigenvalue weighted by atomic mass is 15.4. The number of hydrogen-bond acceptors (Lipinski definition) is 3. The maximum absolute atomic E-state index is 5.04. The van der Waals surface area contributed by atoms with E-state index in [0.717, 1.165) is 50.1 Å². The van der Waals surface area contributed by atoms with E-state index in [1.165, 1.54) is 21.8 Å². The van der Waals surface area contributed by atoms with E-state index in [-0.39, 0.29) is 0 Å². The highest BCUT2D eigenvalue weighted by Gasteiger charge is 2.19. The standard InChI is InChI=1S/C43H28N6/c1-3-14-29(15-4-1)42-45-43(30-16-5-2-6-17-30)49(46-42)41-27-36-35-22-9-12-25-39(35)48(40(36)28-44-41)32-19-13-18-31(26-32)47-37-23-10-7-20-33(37)34-21-8-11-24-38(34)47/h1-28H. The van der Waals surface area contributed by atoms with Gasteiger partial charge in [0.1, 0.15) is 0 Å². The Hall–Kier alpha value is -6.79. The molecule has 0 atom stereocenters. The molecule has 0 aliphatic carbocycles. The van der Waals surface area contributed by atoms with Gasteiger partial charge in [-0.3, -0.25) is 0 Å². The summed E-state index contributed by atoms with van der Waals surface area (Å²) in [6.07, 6.45) is 1.97. The van der Waals surface area contributed by atoms with E-state index in [1.54, 1.807) is 0 Å². The number of aromatic nitrogens is 6. The van der Waals surface area contributed by atoms with Crippen molar-refractivity contribution < 1.29 is 0 Å². The molecular formula is C43H28N6. The first-order valence-corrected chi connectivity index (χ1v) is 16.4. The van der Waals surface area contributed by atoms with Crippen molar-refractivity contribution in [3.8, 4) is 40.0 Å². The van der Waals surface area contributed by atoms with Gasteiger partial charge in [0, 0.05) is 44.0 Å². The van der Waals surface area contributed by atoms with Crippen LogP contribution in [0, 0.1) is 0 Å². The van der Waals surface area contributed by atoms with Gasteiger partial charge in [-0.1, -0.05) is 121 Å². The molecule has 0 aliphatic heterocycles. The summed E-state index contributed by atoms with van der Waals surface area (Å²) >= 11 is 0. The van der Waals surface area contributed by atoms with Gasteiger partial charge >= 0.3 is 0 Å². The second-order valence-corrected chi connectivity index (χ2v) is 12.2. The molecule has 6 nitrogen and oxygen atoms in total. The molecule has 0 N–H and O–H groups in total. The minimum Gasteiger partial charge on any atom is -0.309 e. The normalized spacial score (nSPS) is 11.7. The van der Waals surface area contributed by atoms with E-state index < -0.39 is 0 Å². The van der Waals surface area contributed by atoms with Gasteiger partial charge in [-0.25, -0.2) is 9.97 Å².